The molecule has 1 aromatic rings. The molecule has 1 N–H and O–H groups in total. The largest absolute Gasteiger partial charge is 0.406 e. The number of alkyl halides is 3. The van der Waals surface area contributed by atoms with E-state index in [0.29, 0.717) is 19.4 Å². The first-order chi connectivity index (χ1) is 9.90. The van der Waals surface area contributed by atoms with Crippen molar-refractivity contribution in [2.45, 2.75) is 38.5 Å². The minimum Gasteiger partial charge on any atom is -0.332 e. The second-order valence-corrected chi connectivity index (χ2v) is 5.28. The number of hydrogen-bond donors (Lipinski definition) is 1. The van der Waals surface area contributed by atoms with Gasteiger partial charge in [-0.3, -0.25) is 4.79 Å². The van der Waals surface area contributed by atoms with Crippen LogP contribution in [0.4, 0.5) is 13.2 Å². The van der Waals surface area contributed by atoms with Crippen LogP contribution in [-0.4, -0.2) is 36.1 Å². The summed E-state index contributed by atoms with van der Waals surface area (Å²) in [6.07, 6.45) is -3.42. The van der Waals surface area contributed by atoms with Gasteiger partial charge in [0.05, 0.1) is 6.04 Å². The molecule has 116 valence electrons. The summed E-state index contributed by atoms with van der Waals surface area (Å²) >= 11 is 0. The van der Waals surface area contributed by atoms with Crippen molar-refractivity contribution >= 4 is 5.91 Å². The smallest absolute Gasteiger partial charge is 0.332 e. The average Bonchev–Trinajstić information content (AvgIpc) is 2.44. The molecule has 0 aliphatic carbocycles. The van der Waals surface area contributed by atoms with Gasteiger partial charge in [-0.05, 0) is 24.0 Å². The van der Waals surface area contributed by atoms with Crippen molar-refractivity contribution in [3.05, 3.63) is 35.4 Å². The summed E-state index contributed by atoms with van der Waals surface area (Å²) < 4.78 is 37.7. The number of amides is 1. The van der Waals surface area contributed by atoms with Gasteiger partial charge in [-0.15, -0.1) is 0 Å². The lowest BCUT2D eigenvalue weighted by atomic mass is 9.95. The molecule has 0 fully saturated rings. The molecule has 1 amide bonds. The molecular weight excluding hydrogens is 281 g/mol. The Balaban J connectivity index is 2.08. The average molecular weight is 300 g/mol. The van der Waals surface area contributed by atoms with Gasteiger partial charge in [0.15, 0.2) is 0 Å². The Morgan fingerprint density at radius 2 is 2.00 bits per heavy atom. The molecule has 1 unspecified atom stereocenters. The highest BCUT2D eigenvalue weighted by Crippen LogP contribution is 2.20. The highest BCUT2D eigenvalue weighted by Gasteiger charge is 2.35. The van der Waals surface area contributed by atoms with Gasteiger partial charge < -0.3 is 10.2 Å². The summed E-state index contributed by atoms with van der Waals surface area (Å²) in [5, 5.41) is 3.04. The van der Waals surface area contributed by atoms with Crippen molar-refractivity contribution in [2.75, 3.05) is 13.1 Å². The van der Waals surface area contributed by atoms with Gasteiger partial charge >= 0.3 is 6.18 Å². The number of benzene rings is 1. The number of halogens is 3. The van der Waals surface area contributed by atoms with Gasteiger partial charge in [0.25, 0.3) is 0 Å². The van der Waals surface area contributed by atoms with Crippen molar-refractivity contribution < 1.29 is 18.0 Å². The first kappa shape index (κ1) is 15.8. The van der Waals surface area contributed by atoms with Crippen LogP contribution in [0.1, 0.15) is 24.5 Å². The van der Waals surface area contributed by atoms with E-state index in [9.17, 15) is 18.0 Å². The third-order valence-electron chi connectivity index (χ3n) is 3.55. The fourth-order valence-electron chi connectivity index (χ4n) is 2.60. The molecule has 1 aliphatic rings. The van der Waals surface area contributed by atoms with Gasteiger partial charge in [-0.1, -0.05) is 31.2 Å². The Hall–Kier alpha value is -1.56. The van der Waals surface area contributed by atoms with E-state index in [0.717, 1.165) is 16.0 Å². The summed E-state index contributed by atoms with van der Waals surface area (Å²) in [7, 11) is 0. The summed E-state index contributed by atoms with van der Waals surface area (Å²) in [6, 6.07) is 7.10. The first-order valence-electron chi connectivity index (χ1n) is 7.06. The van der Waals surface area contributed by atoms with E-state index in [1.807, 2.05) is 24.3 Å². The van der Waals surface area contributed by atoms with Crippen molar-refractivity contribution in [3.8, 4) is 0 Å². The number of carbonyl (C=O) groups is 1. The molecule has 0 saturated carbocycles. The van der Waals surface area contributed by atoms with Crippen molar-refractivity contribution in [1.82, 2.24) is 10.2 Å². The molecule has 6 heteroatoms. The lowest BCUT2D eigenvalue weighted by molar-refractivity contribution is -0.162. The van der Waals surface area contributed by atoms with Crippen LogP contribution in [0.2, 0.25) is 0 Å². The normalized spacial score (nSPS) is 18.2. The Morgan fingerprint density at radius 1 is 1.33 bits per heavy atom. The zero-order chi connectivity index (χ0) is 15.5. The van der Waals surface area contributed by atoms with Crippen LogP contribution in [0.5, 0.6) is 0 Å². The molecule has 0 saturated heterocycles. The third-order valence-corrected chi connectivity index (χ3v) is 3.55. The Kier molecular flexibility index (Phi) is 4.88. The van der Waals surface area contributed by atoms with Crippen LogP contribution in [0.15, 0.2) is 24.3 Å². The summed E-state index contributed by atoms with van der Waals surface area (Å²) in [5.41, 5.74) is 2.12. The molecular formula is C15H19F3N2O. The standard InChI is InChI=1S/C15H19F3N2O/c1-2-7-20(10-15(16,17)18)14(21)13-8-11-5-3-4-6-12(11)9-19-13/h3-6,13,19H,2,7-10H2,1H3. The van der Waals surface area contributed by atoms with Crippen LogP contribution in [0.3, 0.4) is 0 Å². The molecule has 1 aliphatic heterocycles. The molecule has 3 nitrogen and oxygen atoms in total. The van der Waals surface area contributed by atoms with Crippen LogP contribution >= 0.6 is 0 Å². The number of carbonyl (C=O) groups excluding carboxylic acids is 1. The lowest BCUT2D eigenvalue weighted by Crippen LogP contribution is -2.51. The highest BCUT2D eigenvalue weighted by atomic mass is 19.4. The van der Waals surface area contributed by atoms with E-state index in [1.165, 1.54) is 0 Å². The van der Waals surface area contributed by atoms with E-state index in [2.05, 4.69) is 5.32 Å². The Labute approximate surface area is 122 Å². The molecule has 2 rings (SSSR count). The minimum atomic E-state index is -4.36. The second kappa shape index (κ2) is 6.47. The lowest BCUT2D eigenvalue weighted by Gasteiger charge is -2.31. The minimum absolute atomic E-state index is 0.123. The van der Waals surface area contributed by atoms with Gasteiger partial charge in [0, 0.05) is 13.1 Å². The summed E-state index contributed by atoms with van der Waals surface area (Å²) in [4.78, 5) is 13.2. The Bertz CT molecular complexity index is 502. The van der Waals surface area contributed by atoms with Crippen LogP contribution in [0, 0.1) is 0 Å². The zero-order valence-corrected chi connectivity index (χ0v) is 11.9. The predicted octanol–water partition coefficient (Wildman–Crippen LogP) is 2.50. The van der Waals surface area contributed by atoms with Crippen LogP contribution < -0.4 is 5.32 Å². The maximum absolute atomic E-state index is 12.6. The van der Waals surface area contributed by atoms with Gasteiger partial charge in [-0.25, -0.2) is 0 Å². The van der Waals surface area contributed by atoms with Crippen molar-refractivity contribution in [3.63, 3.8) is 0 Å². The predicted molar refractivity (Wildman–Crippen MR) is 73.7 cm³/mol. The van der Waals surface area contributed by atoms with Crippen molar-refractivity contribution in [1.29, 1.82) is 0 Å². The number of nitrogens with one attached hydrogen (secondary N) is 1. The SMILES string of the molecule is CCCN(CC(F)(F)F)C(=O)C1Cc2ccccc2CN1. The molecule has 1 heterocycles. The van der Waals surface area contributed by atoms with E-state index >= 15 is 0 Å². The van der Waals surface area contributed by atoms with E-state index in [4.69, 9.17) is 0 Å². The van der Waals surface area contributed by atoms with Gasteiger partial charge in [0.1, 0.15) is 6.54 Å². The van der Waals surface area contributed by atoms with Crippen LogP contribution in [0.25, 0.3) is 0 Å². The number of rotatable bonds is 4. The fraction of sp³-hybridized carbons (Fsp3) is 0.533. The van der Waals surface area contributed by atoms with E-state index in [1.54, 1.807) is 6.92 Å². The molecule has 0 radical (unpaired) electrons. The maximum atomic E-state index is 12.6. The molecule has 0 spiro atoms. The maximum Gasteiger partial charge on any atom is 0.406 e. The number of nitrogens with zero attached hydrogens (tertiary/aromatic N) is 1. The highest BCUT2D eigenvalue weighted by molar-refractivity contribution is 5.82. The molecule has 0 bridgehead atoms. The van der Waals surface area contributed by atoms with Gasteiger partial charge in [0.2, 0.25) is 5.91 Å². The Morgan fingerprint density at radius 3 is 2.62 bits per heavy atom. The molecule has 21 heavy (non-hydrogen) atoms. The first-order valence-corrected chi connectivity index (χ1v) is 7.06. The zero-order valence-electron chi connectivity index (χ0n) is 11.9. The van der Waals surface area contributed by atoms with Crippen molar-refractivity contribution in [2.24, 2.45) is 0 Å². The van der Waals surface area contributed by atoms with E-state index < -0.39 is 24.7 Å². The topological polar surface area (TPSA) is 32.3 Å². The van der Waals surface area contributed by atoms with Gasteiger partial charge in [-0.2, -0.15) is 13.2 Å². The summed E-state index contributed by atoms with van der Waals surface area (Å²) in [6.45, 7) is 1.22. The third kappa shape index (κ3) is 4.20. The van der Waals surface area contributed by atoms with E-state index in [-0.39, 0.29) is 6.54 Å². The monoisotopic (exact) mass is 300 g/mol. The fourth-order valence-corrected chi connectivity index (χ4v) is 2.60. The molecule has 1 atom stereocenters. The van der Waals surface area contributed by atoms with Crippen LogP contribution in [-0.2, 0) is 17.8 Å². The molecule has 1 aromatic carbocycles. The number of fused-ring (bicyclic) bond motifs is 1. The second-order valence-electron chi connectivity index (χ2n) is 5.28. The quantitative estimate of drug-likeness (QED) is 0.926. The number of hydrogen-bond acceptors (Lipinski definition) is 2. The molecule has 0 aromatic heterocycles. The summed E-state index contributed by atoms with van der Waals surface area (Å²) in [5.74, 6) is -0.469.